The number of fused-ring (bicyclic) bond motifs is 1. The highest BCUT2D eigenvalue weighted by Crippen LogP contribution is 2.32. The van der Waals surface area contributed by atoms with Crippen LogP contribution < -0.4 is 15.8 Å². The highest BCUT2D eigenvalue weighted by Gasteiger charge is 2.37. The summed E-state index contributed by atoms with van der Waals surface area (Å²) in [6.45, 7) is 3.22. The molecule has 114 valence electrons. The Morgan fingerprint density at radius 1 is 1.24 bits per heavy atom. The van der Waals surface area contributed by atoms with Gasteiger partial charge in [-0.15, -0.1) is 0 Å². The Kier molecular flexibility index (Phi) is 3.37. The van der Waals surface area contributed by atoms with Crippen LogP contribution >= 0.6 is 0 Å². The first kappa shape index (κ1) is 13.2. The zero-order valence-corrected chi connectivity index (χ0v) is 12.4. The smallest absolute Gasteiger partial charge is 0.239 e. The van der Waals surface area contributed by atoms with Crippen LogP contribution in [0.2, 0.25) is 0 Å². The molecule has 0 spiro atoms. The third kappa shape index (κ3) is 2.79. The molecular formula is C16H24N4O. The quantitative estimate of drug-likeness (QED) is 0.869. The number of pyridine rings is 1. The van der Waals surface area contributed by atoms with Crippen LogP contribution in [0.15, 0.2) is 12.1 Å². The molecule has 1 aliphatic carbocycles. The lowest BCUT2D eigenvalue weighted by molar-refractivity contribution is 0.290. The van der Waals surface area contributed by atoms with Gasteiger partial charge in [-0.2, -0.15) is 4.98 Å². The van der Waals surface area contributed by atoms with Crippen LogP contribution in [0.25, 0.3) is 0 Å². The van der Waals surface area contributed by atoms with E-state index in [9.17, 15) is 0 Å². The summed E-state index contributed by atoms with van der Waals surface area (Å²) in [6, 6.07) is 5.07. The average molecular weight is 288 g/mol. The number of aromatic nitrogens is 1. The Morgan fingerprint density at radius 2 is 2.14 bits per heavy atom. The standard InChI is InChI=1S/C16H24N4O/c17-12-5-6-15(19-16(12)21-10-11-3-4-11)18-13-7-9-20-8-1-2-14(13)20/h5-6,11,13-14H,1-4,7-10,17H2,(H,18,19). The fraction of sp³-hybridized carbons (Fsp3) is 0.688. The molecule has 0 aromatic carbocycles. The van der Waals surface area contributed by atoms with Crippen molar-refractivity contribution < 1.29 is 4.74 Å². The number of hydrogen-bond donors (Lipinski definition) is 2. The minimum Gasteiger partial charge on any atom is -0.476 e. The topological polar surface area (TPSA) is 63.4 Å². The van der Waals surface area contributed by atoms with E-state index in [0.717, 1.165) is 12.4 Å². The Morgan fingerprint density at radius 3 is 3.00 bits per heavy atom. The molecule has 2 atom stereocenters. The predicted molar refractivity (Wildman–Crippen MR) is 83.5 cm³/mol. The molecular weight excluding hydrogens is 264 g/mol. The number of nitrogens with zero attached hydrogens (tertiary/aromatic N) is 2. The van der Waals surface area contributed by atoms with E-state index in [1.54, 1.807) is 0 Å². The molecule has 3 heterocycles. The van der Waals surface area contributed by atoms with Gasteiger partial charge in [0.2, 0.25) is 5.88 Å². The summed E-state index contributed by atoms with van der Waals surface area (Å²) >= 11 is 0. The molecule has 21 heavy (non-hydrogen) atoms. The molecule has 3 N–H and O–H groups in total. The van der Waals surface area contributed by atoms with Crippen LogP contribution in [0.5, 0.6) is 5.88 Å². The number of nitrogen functional groups attached to an aromatic ring is 1. The van der Waals surface area contributed by atoms with Crippen LogP contribution in [-0.2, 0) is 0 Å². The van der Waals surface area contributed by atoms with Gasteiger partial charge in [0.25, 0.3) is 0 Å². The molecule has 0 radical (unpaired) electrons. The van der Waals surface area contributed by atoms with Gasteiger partial charge >= 0.3 is 0 Å². The van der Waals surface area contributed by atoms with Gasteiger partial charge in [-0.25, -0.2) is 0 Å². The summed E-state index contributed by atoms with van der Waals surface area (Å²) in [5.74, 6) is 2.20. The Bertz CT molecular complexity index is 517. The van der Waals surface area contributed by atoms with Crippen LogP contribution in [0.3, 0.4) is 0 Å². The van der Waals surface area contributed by atoms with Crippen molar-refractivity contribution >= 4 is 11.5 Å². The molecule has 2 aliphatic heterocycles. The predicted octanol–water partition coefficient (Wildman–Crippen LogP) is 2.10. The highest BCUT2D eigenvalue weighted by molar-refractivity contribution is 5.54. The highest BCUT2D eigenvalue weighted by atomic mass is 16.5. The van der Waals surface area contributed by atoms with E-state index in [2.05, 4.69) is 15.2 Å². The largest absolute Gasteiger partial charge is 0.476 e. The lowest BCUT2D eigenvalue weighted by Gasteiger charge is -2.22. The average Bonchev–Trinajstić information content (AvgIpc) is 3.06. The van der Waals surface area contributed by atoms with Gasteiger partial charge in [0.05, 0.1) is 12.3 Å². The van der Waals surface area contributed by atoms with Crippen molar-refractivity contribution in [3.05, 3.63) is 12.1 Å². The van der Waals surface area contributed by atoms with Crippen molar-refractivity contribution in [1.29, 1.82) is 0 Å². The van der Waals surface area contributed by atoms with Gasteiger partial charge in [-0.05, 0) is 56.7 Å². The summed E-state index contributed by atoms with van der Waals surface area (Å²) in [7, 11) is 0. The van der Waals surface area contributed by atoms with Crippen LogP contribution in [-0.4, -0.2) is 41.7 Å². The Hall–Kier alpha value is -1.49. The molecule has 1 saturated carbocycles. The summed E-state index contributed by atoms with van der Waals surface area (Å²) < 4.78 is 5.77. The van der Waals surface area contributed by atoms with E-state index < -0.39 is 0 Å². The molecule has 1 aromatic heterocycles. The summed E-state index contributed by atoms with van der Waals surface area (Å²) in [5.41, 5.74) is 6.60. The van der Waals surface area contributed by atoms with E-state index in [1.807, 2.05) is 12.1 Å². The fourth-order valence-corrected chi connectivity index (χ4v) is 3.57. The summed E-state index contributed by atoms with van der Waals surface area (Å²) in [5, 5.41) is 3.59. The van der Waals surface area contributed by atoms with Crippen molar-refractivity contribution in [3.8, 4) is 5.88 Å². The van der Waals surface area contributed by atoms with Gasteiger partial charge < -0.3 is 15.8 Å². The second-order valence-electron chi connectivity index (χ2n) is 6.63. The molecule has 2 saturated heterocycles. The van der Waals surface area contributed by atoms with E-state index in [0.29, 0.717) is 29.6 Å². The van der Waals surface area contributed by atoms with Crippen molar-refractivity contribution in [2.24, 2.45) is 5.92 Å². The fourth-order valence-electron chi connectivity index (χ4n) is 3.57. The maximum Gasteiger partial charge on any atom is 0.239 e. The number of hydrogen-bond acceptors (Lipinski definition) is 5. The number of ether oxygens (including phenoxy) is 1. The maximum absolute atomic E-state index is 5.97. The summed E-state index contributed by atoms with van der Waals surface area (Å²) in [6.07, 6.45) is 6.38. The lowest BCUT2D eigenvalue weighted by Crippen LogP contribution is -2.34. The molecule has 1 aromatic rings. The van der Waals surface area contributed by atoms with Crippen molar-refractivity contribution in [1.82, 2.24) is 9.88 Å². The van der Waals surface area contributed by atoms with Crippen molar-refractivity contribution in [3.63, 3.8) is 0 Å². The van der Waals surface area contributed by atoms with E-state index in [1.165, 1.54) is 45.2 Å². The molecule has 2 unspecified atom stereocenters. The third-order valence-corrected chi connectivity index (χ3v) is 4.98. The second kappa shape index (κ2) is 5.37. The van der Waals surface area contributed by atoms with Gasteiger partial charge in [-0.3, -0.25) is 4.90 Å². The second-order valence-corrected chi connectivity index (χ2v) is 6.63. The van der Waals surface area contributed by atoms with Crippen molar-refractivity contribution in [2.75, 3.05) is 30.7 Å². The number of rotatable bonds is 5. The normalized spacial score (nSPS) is 28.6. The van der Waals surface area contributed by atoms with Gasteiger partial charge in [0.1, 0.15) is 5.82 Å². The number of nitrogens with one attached hydrogen (secondary N) is 1. The van der Waals surface area contributed by atoms with Gasteiger partial charge in [-0.1, -0.05) is 0 Å². The molecule has 5 nitrogen and oxygen atoms in total. The maximum atomic E-state index is 5.97. The third-order valence-electron chi connectivity index (χ3n) is 4.98. The molecule has 3 aliphatic rings. The van der Waals surface area contributed by atoms with Crippen LogP contribution in [0.4, 0.5) is 11.5 Å². The lowest BCUT2D eigenvalue weighted by atomic mass is 10.1. The Labute approximate surface area is 125 Å². The van der Waals surface area contributed by atoms with Crippen molar-refractivity contribution in [2.45, 2.75) is 44.2 Å². The minimum absolute atomic E-state index is 0.514. The summed E-state index contributed by atoms with van der Waals surface area (Å²) in [4.78, 5) is 7.17. The Balaban J connectivity index is 1.43. The SMILES string of the molecule is Nc1ccc(NC2CCN3CCCC23)nc1OCC1CC1. The van der Waals surface area contributed by atoms with E-state index in [4.69, 9.17) is 10.5 Å². The first-order chi connectivity index (χ1) is 10.3. The monoisotopic (exact) mass is 288 g/mol. The minimum atomic E-state index is 0.514. The first-order valence-electron chi connectivity index (χ1n) is 8.19. The van der Waals surface area contributed by atoms with Crippen LogP contribution in [0.1, 0.15) is 32.1 Å². The van der Waals surface area contributed by atoms with Gasteiger partial charge in [0, 0.05) is 18.6 Å². The number of anilines is 2. The van der Waals surface area contributed by atoms with E-state index in [-0.39, 0.29) is 0 Å². The molecule has 3 fully saturated rings. The zero-order valence-electron chi connectivity index (χ0n) is 12.4. The first-order valence-corrected chi connectivity index (χ1v) is 8.19. The van der Waals surface area contributed by atoms with Gasteiger partial charge in [0.15, 0.2) is 0 Å². The zero-order chi connectivity index (χ0) is 14.2. The van der Waals surface area contributed by atoms with Crippen LogP contribution in [0, 0.1) is 5.92 Å². The molecule has 4 rings (SSSR count). The molecule has 5 heteroatoms. The van der Waals surface area contributed by atoms with E-state index >= 15 is 0 Å². The molecule has 0 bridgehead atoms. The molecule has 0 amide bonds. The number of nitrogens with two attached hydrogens (primary N) is 1.